The summed E-state index contributed by atoms with van der Waals surface area (Å²) >= 11 is 0. The second-order valence-corrected chi connectivity index (χ2v) is 27.9. The summed E-state index contributed by atoms with van der Waals surface area (Å²) in [4.78, 5) is 38.1. The number of unbranched alkanes of at least 4 members (excludes halogenated alkanes) is 19. The summed E-state index contributed by atoms with van der Waals surface area (Å²) in [5.41, 5.74) is 0. The molecule has 5 rings (SSSR count). The van der Waals surface area contributed by atoms with Crippen LogP contribution in [0.3, 0.4) is 0 Å². The normalized spacial score (nSPS) is 36.8. The van der Waals surface area contributed by atoms with Gasteiger partial charge in [0.05, 0.1) is 33.0 Å². The van der Waals surface area contributed by atoms with Crippen molar-refractivity contribution >= 4 is 19.8 Å². The highest BCUT2D eigenvalue weighted by molar-refractivity contribution is 7.47. The predicted molar refractivity (Wildman–Crippen MR) is 347 cm³/mol. The van der Waals surface area contributed by atoms with Crippen LogP contribution in [0.15, 0.2) is 24.3 Å². The Morgan fingerprint density at radius 1 is 0.400 bits per heavy atom. The van der Waals surface area contributed by atoms with Gasteiger partial charge in [0.1, 0.15) is 141 Å². The van der Waals surface area contributed by atoms with Gasteiger partial charge >= 0.3 is 19.8 Å². The second-order valence-electron chi connectivity index (χ2n) is 26.5. The van der Waals surface area contributed by atoms with Crippen LogP contribution in [0.25, 0.3) is 0 Å². The van der Waals surface area contributed by atoms with Gasteiger partial charge in [-0.3, -0.25) is 18.6 Å². The maximum absolute atomic E-state index is 14.4. The van der Waals surface area contributed by atoms with E-state index in [0.29, 0.717) is 19.3 Å². The molecule has 34 heteroatoms. The van der Waals surface area contributed by atoms with E-state index < -0.39 is 225 Å². The van der Waals surface area contributed by atoms with Crippen molar-refractivity contribution in [2.75, 3.05) is 39.6 Å². The monoisotopic (exact) mass is 1470 g/mol. The van der Waals surface area contributed by atoms with Gasteiger partial charge in [0, 0.05) is 12.8 Å². The van der Waals surface area contributed by atoms with Crippen LogP contribution < -0.4 is 0 Å². The molecular weight excluding hydrogens is 1350 g/mol. The van der Waals surface area contributed by atoms with Crippen molar-refractivity contribution < 1.29 is 162 Å². The zero-order valence-corrected chi connectivity index (χ0v) is 58.3. The molecule has 0 aromatic carbocycles. The van der Waals surface area contributed by atoms with Crippen molar-refractivity contribution in [1.82, 2.24) is 0 Å². The lowest BCUT2D eigenvalue weighted by molar-refractivity contribution is -0.365. The number of ether oxygens (including phenoxy) is 10. The van der Waals surface area contributed by atoms with Gasteiger partial charge in [-0.05, 0) is 38.5 Å². The fraction of sp³-hybridized carbons (Fsp3) is 0.909. The molecule has 1 aliphatic carbocycles. The summed E-state index contributed by atoms with van der Waals surface area (Å²) < 4.78 is 81.3. The Balaban J connectivity index is 1.30. The van der Waals surface area contributed by atoms with E-state index >= 15 is 0 Å². The zero-order chi connectivity index (χ0) is 73.5. The third-order valence-electron chi connectivity index (χ3n) is 18.4. The average molecular weight is 1470 g/mol. The van der Waals surface area contributed by atoms with Gasteiger partial charge in [0.15, 0.2) is 31.3 Å². The molecule has 0 bridgehead atoms. The minimum absolute atomic E-state index is 0.00549. The van der Waals surface area contributed by atoms with E-state index in [-0.39, 0.29) is 12.8 Å². The first-order chi connectivity index (χ1) is 47.8. The summed E-state index contributed by atoms with van der Waals surface area (Å²) in [6, 6.07) is 0. The first-order valence-electron chi connectivity index (χ1n) is 35.7. The zero-order valence-electron chi connectivity index (χ0n) is 57.4. The summed E-state index contributed by atoms with van der Waals surface area (Å²) in [6.07, 6.45) is -24.8. The molecule has 0 aromatic rings. The third-order valence-corrected chi connectivity index (χ3v) is 19.4. The highest BCUT2D eigenvalue weighted by atomic mass is 31.2. The van der Waals surface area contributed by atoms with Gasteiger partial charge < -0.3 is 139 Å². The molecular formula is C66H117O33P. The summed E-state index contributed by atoms with van der Waals surface area (Å²) in [6.45, 7) is -1.00. The lowest BCUT2D eigenvalue weighted by Gasteiger charge is -2.49. The third kappa shape index (κ3) is 28.0. The highest BCUT2D eigenvalue weighted by Crippen LogP contribution is 2.49. The molecule has 4 heterocycles. The van der Waals surface area contributed by atoms with Gasteiger partial charge in [0.2, 0.25) is 0 Å². The molecule has 0 aromatic heterocycles. The smallest absolute Gasteiger partial charge is 0.462 e. The van der Waals surface area contributed by atoms with E-state index in [1.54, 1.807) is 0 Å². The number of esters is 2. The highest BCUT2D eigenvalue weighted by Gasteiger charge is 2.59. The molecule has 100 heavy (non-hydrogen) atoms. The van der Waals surface area contributed by atoms with Gasteiger partial charge in [-0.25, -0.2) is 4.57 Å². The number of phosphoric acid groups is 1. The number of aliphatic hydroxyl groups excluding tert-OH is 17. The second kappa shape index (κ2) is 46.6. The molecule has 12 unspecified atom stereocenters. The summed E-state index contributed by atoms with van der Waals surface area (Å²) in [5, 5.41) is 183. The summed E-state index contributed by atoms with van der Waals surface area (Å²) in [5.74, 6) is -1.46. The van der Waals surface area contributed by atoms with Crippen molar-refractivity contribution in [2.24, 2.45) is 0 Å². The van der Waals surface area contributed by atoms with E-state index in [4.69, 9.17) is 56.4 Å². The molecule has 18 N–H and O–H groups in total. The average Bonchev–Trinajstić information content (AvgIpc) is 0.761. The SMILES string of the molecule is CCC/C=C\C/C=C\CCCCCCCC(=O)O[C@H](COC(=O)CCCCCCCCCCCCCCCC)COP(=O)(O)O[C@@H]1C(O[C@@H]2OC(CO[C@@H]3OC(CO[C@@H]4OC(CO)[C@H](O)C(O)[C@@H]4O)[C@H](O)C(O)[C@@H]3O)[C@H](O)C(O)[C@@H]2O)C(O)[C@@H](O)C(O)[C@H]1O[C@H]1OC(CO)[C@@H](O)C(O)[C@H]1O. The quantitative estimate of drug-likeness (QED) is 0.0150. The minimum Gasteiger partial charge on any atom is -0.462 e. The van der Waals surface area contributed by atoms with E-state index in [0.717, 1.165) is 77.0 Å². The van der Waals surface area contributed by atoms with Crippen molar-refractivity contribution in [1.29, 1.82) is 0 Å². The van der Waals surface area contributed by atoms with Crippen LogP contribution in [0.4, 0.5) is 0 Å². The van der Waals surface area contributed by atoms with E-state index in [9.17, 15) is 106 Å². The minimum atomic E-state index is -5.82. The number of rotatable bonds is 47. The molecule has 584 valence electrons. The summed E-state index contributed by atoms with van der Waals surface area (Å²) in [7, 11) is -5.82. The Labute approximate surface area is 584 Å². The number of allylic oxidation sites excluding steroid dienone is 4. The number of carbonyl (C=O) groups excluding carboxylic acids is 2. The van der Waals surface area contributed by atoms with Crippen molar-refractivity contribution in [3.8, 4) is 0 Å². The van der Waals surface area contributed by atoms with Gasteiger partial charge in [-0.15, -0.1) is 0 Å². The van der Waals surface area contributed by atoms with Gasteiger partial charge in [-0.1, -0.05) is 147 Å². The van der Waals surface area contributed by atoms with E-state index in [2.05, 4.69) is 38.2 Å². The van der Waals surface area contributed by atoms with Gasteiger partial charge in [0.25, 0.3) is 0 Å². The van der Waals surface area contributed by atoms with Crippen LogP contribution in [-0.2, 0) is 70.6 Å². The maximum Gasteiger partial charge on any atom is 0.472 e. The fourth-order valence-electron chi connectivity index (χ4n) is 12.2. The topological polar surface area (TPSA) is 526 Å². The largest absolute Gasteiger partial charge is 0.472 e. The lowest BCUT2D eigenvalue weighted by atomic mass is 9.84. The fourth-order valence-corrected chi connectivity index (χ4v) is 13.2. The Hall–Kier alpha value is -2.47. The molecule has 0 radical (unpaired) electrons. The lowest BCUT2D eigenvalue weighted by Crippen LogP contribution is -2.69. The van der Waals surface area contributed by atoms with Crippen LogP contribution in [-0.4, -0.2) is 309 Å². The number of aliphatic hydroxyl groups is 17. The van der Waals surface area contributed by atoms with Gasteiger partial charge in [-0.2, -0.15) is 0 Å². The maximum atomic E-state index is 14.4. The van der Waals surface area contributed by atoms with Crippen molar-refractivity contribution in [3.63, 3.8) is 0 Å². The Kier molecular flexibility index (Phi) is 41.1. The molecule has 0 amide bonds. The number of phosphoric ester groups is 1. The van der Waals surface area contributed by atoms with Crippen molar-refractivity contribution in [3.05, 3.63) is 24.3 Å². The molecule has 28 atom stereocenters. The first kappa shape index (κ1) is 88.2. The predicted octanol–water partition coefficient (Wildman–Crippen LogP) is -1.04. The van der Waals surface area contributed by atoms with Crippen LogP contribution in [0.5, 0.6) is 0 Å². The van der Waals surface area contributed by atoms with Crippen LogP contribution >= 0.6 is 7.82 Å². The van der Waals surface area contributed by atoms with E-state index in [1.807, 2.05) is 0 Å². The first-order valence-corrected chi connectivity index (χ1v) is 37.2. The molecule has 1 saturated carbocycles. The van der Waals surface area contributed by atoms with Crippen molar-refractivity contribution in [2.45, 2.75) is 340 Å². The number of carbonyl (C=O) groups is 2. The molecule has 4 aliphatic heterocycles. The number of hydrogen-bond donors (Lipinski definition) is 18. The molecule has 4 saturated heterocycles. The Bertz CT molecular complexity index is 2350. The van der Waals surface area contributed by atoms with Crippen LogP contribution in [0.1, 0.15) is 174 Å². The number of hydrogen-bond acceptors (Lipinski definition) is 32. The molecule has 0 spiro atoms. The van der Waals surface area contributed by atoms with Crippen LogP contribution in [0.2, 0.25) is 0 Å². The standard InChI is InChI=1S/C66H117O33P/c1-3-5-7-9-11-13-15-17-19-20-22-24-26-28-30-43(69)88-34-38(92-44(70)31-29-27-25-23-21-18-16-14-12-10-8-6-4-2)35-91-100(86,87)99-62-60(97-65-58(84)50(76)46(72)40(33-68)94-65)54(80)53(79)55(81)61(62)98-66-59(85)52(78)48(74)42(96-66)37-90-64-57(83)51(77)47(73)41(95-64)36-89-63-56(82)49(75)45(71)39(32-67)93-63/h8,10,14,16,38-42,45-68,71-85H,3-7,9,11-13,15,17-37H2,1-2H3,(H,86,87)/b10-8-,16-14-/t38-,39?,40?,41?,42?,45+,46-,47+,48+,49?,50?,51?,52?,53+,54?,55?,56+,57+,58-,59+,60-,61?,62+,63-,64-,65-,66+/m1/s1. The Morgan fingerprint density at radius 2 is 0.770 bits per heavy atom. The Morgan fingerprint density at radius 3 is 1.22 bits per heavy atom. The van der Waals surface area contributed by atoms with E-state index in [1.165, 1.54) is 51.4 Å². The molecule has 5 fully saturated rings. The molecule has 5 aliphatic rings. The van der Waals surface area contributed by atoms with Crippen LogP contribution in [0, 0.1) is 0 Å². The molecule has 33 nitrogen and oxygen atoms in total.